The number of nitrogens with two attached hydrogens (primary N) is 1. The Hall–Kier alpha value is -0.610. The van der Waals surface area contributed by atoms with Crippen LogP contribution in [-0.2, 0) is 9.53 Å². The normalized spacial score (nSPS) is 18.3. The van der Waals surface area contributed by atoms with Crippen molar-refractivity contribution >= 4 is 5.91 Å². The van der Waals surface area contributed by atoms with Gasteiger partial charge in [0, 0.05) is 26.3 Å². The van der Waals surface area contributed by atoms with Crippen LogP contribution in [0.2, 0.25) is 0 Å². The quantitative estimate of drug-likeness (QED) is 0.755. The topological polar surface area (TPSA) is 55.6 Å². The van der Waals surface area contributed by atoms with Crippen LogP contribution in [0.25, 0.3) is 0 Å². The van der Waals surface area contributed by atoms with Gasteiger partial charge in [0.2, 0.25) is 5.91 Å². The van der Waals surface area contributed by atoms with Gasteiger partial charge in [0.25, 0.3) is 0 Å². The highest BCUT2D eigenvalue weighted by Crippen LogP contribution is 2.25. The van der Waals surface area contributed by atoms with Gasteiger partial charge in [-0.25, -0.2) is 0 Å². The molecule has 1 fully saturated rings. The maximum atomic E-state index is 12.4. The van der Waals surface area contributed by atoms with E-state index in [0.29, 0.717) is 25.0 Å². The fraction of sp³-hybridized carbons (Fsp3) is 0.929. The van der Waals surface area contributed by atoms with Gasteiger partial charge < -0.3 is 15.4 Å². The Bertz CT molecular complexity index is 250. The fourth-order valence-corrected chi connectivity index (χ4v) is 2.61. The third kappa shape index (κ3) is 4.58. The maximum Gasteiger partial charge on any atom is 0.239 e. The third-order valence-corrected chi connectivity index (χ3v) is 3.56. The van der Waals surface area contributed by atoms with Crippen LogP contribution in [0.5, 0.6) is 0 Å². The Morgan fingerprint density at radius 3 is 2.50 bits per heavy atom. The van der Waals surface area contributed by atoms with Gasteiger partial charge in [0.05, 0.1) is 6.04 Å². The van der Waals surface area contributed by atoms with Crippen LogP contribution in [0.3, 0.4) is 0 Å². The summed E-state index contributed by atoms with van der Waals surface area (Å²) in [6.45, 7) is 5.67. The average Bonchev–Trinajstić information content (AvgIpc) is 2.85. The second-order valence-corrected chi connectivity index (χ2v) is 5.71. The summed E-state index contributed by atoms with van der Waals surface area (Å²) in [6, 6.07) is -0.00204. The maximum absolute atomic E-state index is 12.4. The first kappa shape index (κ1) is 15.4. The molecule has 1 aliphatic carbocycles. The lowest BCUT2D eigenvalue weighted by atomic mass is 10.1. The Morgan fingerprint density at radius 1 is 1.39 bits per heavy atom. The zero-order valence-electron chi connectivity index (χ0n) is 12.0. The zero-order chi connectivity index (χ0) is 13.5. The van der Waals surface area contributed by atoms with E-state index in [2.05, 4.69) is 13.8 Å². The molecule has 4 nitrogen and oxygen atoms in total. The number of rotatable bonds is 7. The molecule has 1 aliphatic rings. The van der Waals surface area contributed by atoms with Gasteiger partial charge in [-0.05, 0) is 25.2 Å². The summed E-state index contributed by atoms with van der Waals surface area (Å²) in [4.78, 5) is 14.4. The number of carbonyl (C=O) groups is 1. The second-order valence-electron chi connectivity index (χ2n) is 5.71. The van der Waals surface area contributed by atoms with Crippen molar-refractivity contribution in [1.82, 2.24) is 4.90 Å². The van der Waals surface area contributed by atoms with Crippen LogP contribution in [0.1, 0.15) is 46.0 Å². The number of amides is 1. The summed E-state index contributed by atoms with van der Waals surface area (Å²) in [5, 5.41) is 0. The van der Waals surface area contributed by atoms with Crippen LogP contribution < -0.4 is 5.73 Å². The summed E-state index contributed by atoms with van der Waals surface area (Å²) >= 11 is 0. The molecule has 0 heterocycles. The van der Waals surface area contributed by atoms with E-state index >= 15 is 0 Å². The van der Waals surface area contributed by atoms with Crippen molar-refractivity contribution in [3.63, 3.8) is 0 Å². The highest BCUT2D eigenvalue weighted by atomic mass is 16.5. The van der Waals surface area contributed by atoms with E-state index in [0.717, 1.165) is 19.4 Å². The Kier molecular flexibility index (Phi) is 6.65. The molecule has 1 saturated carbocycles. The number of nitrogens with zero attached hydrogens (tertiary/aromatic N) is 1. The molecule has 0 spiro atoms. The molecule has 0 aromatic rings. The largest absolute Gasteiger partial charge is 0.385 e. The van der Waals surface area contributed by atoms with Gasteiger partial charge in [-0.3, -0.25) is 4.79 Å². The van der Waals surface area contributed by atoms with Crippen LogP contribution in [0.4, 0.5) is 0 Å². The minimum absolute atomic E-state index is 0.104. The Balaban J connectivity index is 2.59. The van der Waals surface area contributed by atoms with E-state index in [4.69, 9.17) is 10.5 Å². The average molecular weight is 256 g/mol. The summed E-state index contributed by atoms with van der Waals surface area (Å²) in [7, 11) is 1.64. The first-order valence-electron chi connectivity index (χ1n) is 7.11. The van der Waals surface area contributed by atoms with Gasteiger partial charge in [0.15, 0.2) is 0 Å². The van der Waals surface area contributed by atoms with Gasteiger partial charge in [-0.15, -0.1) is 0 Å². The minimum atomic E-state index is -0.413. The van der Waals surface area contributed by atoms with Gasteiger partial charge in [0.1, 0.15) is 0 Å². The molecule has 0 aromatic heterocycles. The lowest BCUT2D eigenvalue weighted by molar-refractivity contribution is -0.135. The summed E-state index contributed by atoms with van der Waals surface area (Å²) in [5.74, 6) is 0.594. The van der Waals surface area contributed by atoms with E-state index in [1.54, 1.807) is 7.11 Å². The van der Waals surface area contributed by atoms with Gasteiger partial charge in [-0.2, -0.15) is 0 Å². The number of methoxy groups -OCH3 is 1. The standard InChI is InChI=1S/C14H28N2O2/c1-11(2)10-16(12-6-4-5-7-12)14(17)13(15)8-9-18-3/h11-13H,4-10,15H2,1-3H3. The number of ether oxygens (including phenoxy) is 1. The summed E-state index contributed by atoms with van der Waals surface area (Å²) < 4.78 is 5.00. The van der Waals surface area contributed by atoms with Crippen molar-refractivity contribution in [1.29, 1.82) is 0 Å². The smallest absolute Gasteiger partial charge is 0.239 e. The molecule has 0 saturated heterocycles. The monoisotopic (exact) mass is 256 g/mol. The van der Waals surface area contributed by atoms with Crippen LogP contribution in [0, 0.1) is 5.92 Å². The van der Waals surface area contributed by atoms with E-state index in [-0.39, 0.29) is 5.91 Å². The van der Waals surface area contributed by atoms with Crippen molar-refractivity contribution in [3.8, 4) is 0 Å². The van der Waals surface area contributed by atoms with Crippen LogP contribution >= 0.6 is 0 Å². The van der Waals surface area contributed by atoms with Crippen molar-refractivity contribution in [3.05, 3.63) is 0 Å². The highest BCUT2D eigenvalue weighted by Gasteiger charge is 2.29. The molecule has 106 valence electrons. The first-order valence-corrected chi connectivity index (χ1v) is 7.11. The molecule has 2 N–H and O–H groups in total. The van der Waals surface area contributed by atoms with Crippen LogP contribution in [0.15, 0.2) is 0 Å². The minimum Gasteiger partial charge on any atom is -0.385 e. The summed E-state index contributed by atoms with van der Waals surface area (Å²) in [5.41, 5.74) is 5.98. The molecule has 0 aliphatic heterocycles. The molecule has 0 aromatic carbocycles. The predicted molar refractivity (Wildman–Crippen MR) is 73.3 cm³/mol. The fourth-order valence-electron chi connectivity index (χ4n) is 2.61. The predicted octanol–water partition coefficient (Wildman–Crippen LogP) is 1.78. The number of hydrogen-bond donors (Lipinski definition) is 1. The van der Waals surface area contributed by atoms with Crippen molar-refractivity contribution in [2.24, 2.45) is 11.7 Å². The molecule has 4 heteroatoms. The molecular weight excluding hydrogens is 228 g/mol. The molecule has 18 heavy (non-hydrogen) atoms. The molecule has 1 unspecified atom stereocenters. The van der Waals surface area contributed by atoms with E-state index in [1.807, 2.05) is 4.90 Å². The van der Waals surface area contributed by atoms with Gasteiger partial charge in [-0.1, -0.05) is 26.7 Å². The second kappa shape index (κ2) is 7.74. The Labute approximate surface area is 111 Å². The van der Waals surface area contributed by atoms with E-state index in [9.17, 15) is 4.79 Å². The molecule has 0 radical (unpaired) electrons. The van der Waals surface area contributed by atoms with E-state index < -0.39 is 6.04 Å². The third-order valence-electron chi connectivity index (χ3n) is 3.56. The number of hydrogen-bond acceptors (Lipinski definition) is 3. The van der Waals surface area contributed by atoms with Crippen molar-refractivity contribution in [2.75, 3.05) is 20.3 Å². The highest BCUT2D eigenvalue weighted by molar-refractivity contribution is 5.82. The molecule has 1 atom stereocenters. The van der Waals surface area contributed by atoms with Crippen molar-refractivity contribution < 1.29 is 9.53 Å². The lowest BCUT2D eigenvalue weighted by Gasteiger charge is -2.32. The molecule has 0 bridgehead atoms. The lowest BCUT2D eigenvalue weighted by Crippen LogP contribution is -2.49. The van der Waals surface area contributed by atoms with Crippen molar-refractivity contribution in [2.45, 2.75) is 58.0 Å². The Morgan fingerprint density at radius 2 is 2.00 bits per heavy atom. The summed E-state index contributed by atoms with van der Waals surface area (Å²) in [6.07, 6.45) is 5.35. The molecular formula is C14H28N2O2. The van der Waals surface area contributed by atoms with Crippen LogP contribution in [-0.4, -0.2) is 43.2 Å². The van der Waals surface area contributed by atoms with E-state index in [1.165, 1.54) is 12.8 Å². The zero-order valence-corrected chi connectivity index (χ0v) is 12.0. The number of carbonyl (C=O) groups excluding carboxylic acids is 1. The molecule has 1 rings (SSSR count). The van der Waals surface area contributed by atoms with Gasteiger partial charge >= 0.3 is 0 Å². The SMILES string of the molecule is COCCC(N)C(=O)N(CC(C)C)C1CCCC1. The molecule has 1 amide bonds. The first-order chi connectivity index (χ1) is 8.56.